The maximum Gasteiger partial charge on any atom is 0.216 e. The molecule has 122 valence electrons. The molecule has 4 nitrogen and oxygen atoms in total. The van der Waals surface area contributed by atoms with E-state index in [1.807, 2.05) is 0 Å². The van der Waals surface area contributed by atoms with Gasteiger partial charge in [-0.1, -0.05) is 28.9 Å². The lowest BCUT2D eigenvalue weighted by atomic mass is 9.86. The van der Waals surface area contributed by atoms with Crippen LogP contribution in [0.4, 0.5) is 0 Å². The van der Waals surface area contributed by atoms with Crippen LogP contribution >= 0.6 is 15.9 Å². The van der Waals surface area contributed by atoms with Gasteiger partial charge >= 0.3 is 0 Å². The van der Waals surface area contributed by atoms with E-state index in [-0.39, 0.29) is 11.9 Å². The quantitative estimate of drug-likeness (QED) is 0.722. The number of rotatable bonds is 6. The molecule has 0 unspecified atom stereocenters. The highest BCUT2D eigenvalue weighted by atomic mass is 79.9. The fourth-order valence-electron chi connectivity index (χ4n) is 2.96. The molecule has 0 bridgehead atoms. The largest absolute Gasteiger partial charge is 0.390 e. The second-order valence-corrected chi connectivity index (χ2v) is 6.80. The van der Waals surface area contributed by atoms with Gasteiger partial charge < -0.3 is 15.7 Å². The standard InChI is InChI=1S/C17H25BrN2O2/c1-3-12-7-15-14(16(18)8-12)5-4-6-17(15)20-10-13(22)9-19-11(2)21/h7-8,13,17,20,22H,3-6,9-10H2,1-2H3,(H,19,21)/t13-,17-/m0/s1. The number of hydrogen-bond donors (Lipinski definition) is 3. The van der Waals surface area contributed by atoms with Gasteiger partial charge in [0.1, 0.15) is 0 Å². The zero-order valence-electron chi connectivity index (χ0n) is 13.3. The molecule has 2 atom stereocenters. The molecule has 0 saturated carbocycles. The summed E-state index contributed by atoms with van der Waals surface area (Å²) in [4.78, 5) is 10.9. The number of nitrogens with one attached hydrogen (secondary N) is 2. The van der Waals surface area contributed by atoms with Crippen LogP contribution in [0.1, 0.15) is 49.4 Å². The molecule has 1 aromatic rings. The molecule has 2 rings (SSSR count). The minimum Gasteiger partial charge on any atom is -0.390 e. The molecule has 1 amide bonds. The van der Waals surface area contributed by atoms with Gasteiger partial charge in [-0.2, -0.15) is 0 Å². The van der Waals surface area contributed by atoms with Gasteiger partial charge in [-0.15, -0.1) is 0 Å². The molecule has 0 aliphatic heterocycles. The van der Waals surface area contributed by atoms with Crippen LogP contribution in [-0.4, -0.2) is 30.2 Å². The lowest BCUT2D eigenvalue weighted by molar-refractivity contribution is -0.119. The Bertz CT molecular complexity index is 534. The van der Waals surface area contributed by atoms with E-state index in [0.29, 0.717) is 13.1 Å². The Hall–Kier alpha value is -0.910. The Morgan fingerprint density at radius 3 is 2.91 bits per heavy atom. The summed E-state index contributed by atoms with van der Waals surface area (Å²) in [6.07, 6.45) is 3.79. The highest BCUT2D eigenvalue weighted by Gasteiger charge is 2.22. The van der Waals surface area contributed by atoms with Crippen molar-refractivity contribution in [2.24, 2.45) is 0 Å². The number of fused-ring (bicyclic) bond motifs is 1. The fourth-order valence-corrected chi connectivity index (χ4v) is 3.68. The lowest BCUT2D eigenvalue weighted by Gasteiger charge is -2.29. The SMILES string of the molecule is CCc1cc(Br)c2c(c1)[C@@H](NC[C@@H](O)CNC(C)=O)CCC2. The third kappa shape index (κ3) is 4.54. The van der Waals surface area contributed by atoms with Crippen molar-refractivity contribution in [1.82, 2.24) is 10.6 Å². The summed E-state index contributed by atoms with van der Waals surface area (Å²) in [5.41, 5.74) is 4.07. The van der Waals surface area contributed by atoms with Crippen molar-refractivity contribution in [3.63, 3.8) is 0 Å². The summed E-state index contributed by atoms with van der Waals surface area (Å²) in [6, 6.07) is 4.78. The Labute approximate surface area is 140 Å². The highest BCUT2D eigenvalue weighted by molar-refractivity contribution is 9.10. The van der Waals surface area contributed by atoms with Crippen LogP contribution < -0.4 is 10.6 Å². The van der Waals surface area contributed by atoms with E-state index < -0.39 is 6.10 Å². The number of aliphatic hydroxyl groups is 1. The summed E-state index contributed by atoms with van der Waals surface area (Å²) < 4.78 is 1.20. The van der Waals surface area contributed by atoms with Crippen molar-refractivity contribution in [2.75, 3.05) is 13.1 Å². The van der Waals surface area contributed by atoms with E-state index in [4.69, 9.17) is 0 Å². The minimum atomic E-state index is -0.563. The smallest absolute Gasteiger partial charge is 0.216 e. The first-order chi connectivity index (χ1) is 10.5. The molecular weight excluding hydrogens is 344 g/mol. The molecule has 0 heterocycles. The summed E-state index contributed by atoms with van der Waals surface area (Å²) in [6.45, 7) is 4.40. The zero-order valence-corrected chi connectivity index (χ0v) is 14.9. The van der Waals surface area contributed by atoms with Crippen molar-refractivity contribution in [3.05, 3.63) is 33.3 Å². The molecule has 22 heavy (non-hydrogen) atoms. The molecule has 1 aliphatic rings. The Morgan fingerprint density at radius 1 is 1.45 bits per heavy atom. The monoisotopic (exact) mass is 368 g/mol. The Balaban J connectivity index is 2.02. The first kappa shape index (κ1) is 17.4. The van der Waals surface area contributed by atoms with Crippen LogP contribution in [0.3, 0.4) is 0 Å². The van der Waals surface area contributed by atoms with Crippen molar-refractivity contribution < 1.29 is 9.90 Å². The van der Waals surface area contributed by atoms with Gasteiger partial charge in [0.25, 0.3) is 0 Å². The molecule has 1 aromatic carbocycles. The molecule has 0 radical (unpaired) electrons. The number of carbonyl (C=O) groups excluding carboxylic acids is 1. The first-order valence-corrected chi connectivity index (χ1v) is 8.77. The molecule has 3 N–H and O–H groups in total. The van der Waals surface area contributed by atoms with Gasteiger partial charge in [0.05, 0.1) is 6.10 Å². The minimum absolute atomic E-state index is 0.112. The average molecular weight is 369 g/mol. The van der Waals surface area contributed by atoms with E-state index in [1.165, 1.54) is 28.1 Å². The second kappa shape index (κ2) is 8.09. The van der Waals surface area contributed by atoms with Crippen LogP contribution in [0.25, 0.3) is 0 Å². The van der Waals surface area contributed by atoms with Crippen LogP contribution in [0.2, 0.25) is 0 Å². The van der Waals surface area contributed by atoms with E-state index >= 15 is 0 Å². The van der Waals surface area contributed by atoms with Crippen molar-refractivity contribution >= 4 is 21.8 Å². The summed E-state index contributed by atoms with van der Waals surface area (Å²) in [5, 5.41) is 16.0. The van der Waals surface area contributed by atoms with Crippen LogP contribution in [0.5, 0.6) is 0 Å². The van der Waals surface area contributed by atoms with Gasteiger partial charge in [-0.05, 0) is 48.4 Å². The summed E-state index contributed by atoms with van der Waals surface area (Å²) in [5.74, 6) is -0.112. The average Bonchev–Trinajstić information content (AvgIpc) is 2.50. The van der Waals surface area contributed by atoms with E-state index in [0.717, 1.165) is 25.7 Å². The highest BCUT2D eigenvalue weighted by Crippen LogP contribution is 2.35. The predicted molar refractivity (Wildman–Crippen MR) is 91.9 cm³/mol. The molecule has 0 fully saturated rings. The number of hydrogen-bond acceptors (Lipinski definition) is 3. The molecule has 0 saturated heterocycles. The van der Waals surface area contributed by atoms with Gasteiger partial charge in [0.2, 0.25) is 5.91 Å². The van der Waals surface area contributed by atoms with Crippen LogP contribution in [-0.2, 0) is 17.6 Å². The third-order valence-electron chi connectivity index (χ3n) is 4.18. The van der Waals surface area contributed by atoms with Gasteiger partial charge in [-0.25, -0.2) is 0 Å². The molecule has 0 aromatic heterocycles. The van der Waals surface area contributed by atoms with E-state index in [9.17, 15) is 9.90 Å². The molecule has 0 spiro atoms. The van der Waals surface area contributed by atoms with Crippen molar-refractivity contribution in [3.8, 4) is 0 Å². The van der Waals surface area contributed by atoms with E-state index in [1.54, 1.807) is 0 Å². The van der Waals surface area contributed by atoms with Gasteiger partial charge in [0.15, 0.2) is 0 Å². The number of carbonyl (C=O) groups is 1. The molecule has 5 heteroatoms. The number of aliphatic hydroxyl groups excluding tert-OH is 1. The maximum absolute atomic E-state index is 10.9. The third-order valence-corrected chi connectivity index (χ3v) is 4.89. The summed E-state index contributed by atoms with van der Waals surface area (Å²) >= 11 is 3.70. The first-order valence-electron chi connectivity index (χ1n) is 7.98. The normalized spacial score (nSPS) is 18.6. The van der Waals surface area contributed by atoms with E-state index in [2.05, 4.69) is 45.6 Å². The summed E-state index contributed by atoms with van der Waals surface area (Å²) in [7, 11) is 0. The molecule has 1 aliphatic carbocycles. The Morgan fingerprint density at radius 2 is 2.23 bits per heavy atom. The number of halogens is 1. The van der Waals surface area contributed by atoms with Crippen LogP contribution in [0, 0.1) is 0 Å². The molecular formula is C17H25BrN2O2. The predicted octanol–water partition coefficient (Wildman–Crippen LogP) is 2.48. The van der Waals surface area contributed by atoms with Crippen molar-refractivity contribution in [1.29, 1.82) is 0 Å². The lowest BCUT2D eigenvalue weighted by Crippen LogP contribution is -2.39. The maximum atomic E-state index is 10.9. The number of amides is 1. The van der Waals surface area contributed by atoms with Gasteiger partial charge in [0, 0.05) is 30.5 Å². The number of aryl methyl sites for hydroxylation is 1. The van der Waals surface area contributed by atoms with Crippen LogP contribution in [0.15, 0.2) is 16.6 Å². The van der Waals surface area contributed by atoms with Crippen molar-refractivity contribution in [2.45, 2.75) is 51.7 Å². The zero-order chi connectivity index (χ0) is 16.1. The number of benzene rings is 1. The Kier molecular flexibility index (Phi) is 6.41. The van der Waals surface area contributed by atoms with Gasteiger partial charge in [-0.3, -0.25) is 4.79 Å². The topological polar surface area (TPSA) is 61.4 Å². The fraction of sp³-hybridized carbons (Fsp3) is 0.588. The second-order valence-electron chi connectivity index (χ2n) is 5.94.